The summed E-state index contributed by atoms with van der Waals surface area (Å²) in [5.41, 5.74) is 2.29. The molecule has 0 radical (unpaired) electrons. The Hall–Kier alpha value is -4.10. The van der Waals surface area contributed by atoms with Crippen LogP contribution in [-0.4, -0.2) is 58.8 Å². The third-order valence-corrected chi connectivity index (χ3v) is 7.39. The number of aryl methyl sites for hydroxylation is 1. The van der Waals surface area contributed by atoms with Crippen LogP contribution >= 0.6 is 0 Å². The predicted molar refractivity (Wildman–Crippen MR) is 144 cm³/mol. The third-order valence-electron chi connectivity index (χ3n) is 5.68. The number of aliphatic hydroxyl groups is 1. The zero-order valence-corrected chi connectivity index (χ0v) is 22.9. The molecule has 38 heavy (non-hydrogen) atoms. The zero-order chi connectivity index (χ0) is 28.0. The van der Waals surface area contributed by atoms with Gasteiger partial charge in [0.25, 0.3) is 0 Å². The lowest BCUT2D eigenvalue weighted by Gasteiger charge is -2.21. The number of rotatable bonds is 11. The van der Waals surface area contributed by atoms with Crippen molar-refractivity contribution in [3.8, 4) is 28.6 Å². The fourth-order valence-corrected chi connectivity index (χ4v) is 4.47. The van der Waals surface area contributed by atoms with E-state index in [1.165, 1.54) is 25.7 Å². The number of allylic oxidation sites excluding steroid dienone is 2. The summed E-state index contributed by atoms with van der Waals surface area (Å²) in [7, 11) is -1.28. The molecule has 2 heterocycles. The summed E-state index contributed by atoms with van der Waals surface area (Å²) in [4.78, 5) is 4.22. The molecule has 0 aliphatic rings. The Morgan fingerprint density at radius 3 is 2.42 bits per heavy atom. The van der Waals surface area contributed by atoms with Crippen molar-refractivity contribution in [2.45, 2.75) is 39.0 Å². The Morgan fingerprint density at radius 2 is 1.84 bits per heavy atom. The number of nitrogens with zero attached hydrogens (tertiary/aromatic N) is 6. The standard InChI is InChI=1S/C25H31N7O5S/c1-8-16(3)27-28-17(4)23(33)18(5)38(34,35)31-25-30-29-24(19-12-15(2)13-26-14-19)32(25)22-20(36-6)10-9-11-21(22)37-7/h8-14,18,23,33H,4H2,1-3,5-7H3,(H,30,31)/b16-8-,28-27-/t18-,23+/m1/s1. The molecule has 0 fully saturated rings. The Labute approximate surface area is 221 Å². The number of hydrogen-bond donors (Lipinski definition) is 2. The maximum absolute atomic E-state index is 13.4. The number of aromatic nitrogens is 4. The van der Waals surface area contributed by atoms with Gasteiger partial charge >= 0.3 is 0 Å². The SMILES string of the molecule is C=C(/N=N\C(C)=C/C)[C@H](O)[C@@H](C)S(=O)(=O)Nc1nnc(-c2cncc(C)c2)n1-c1c(OC)cccc1OC. The van der Waals surface area contributed by atoms with Crippen molar-refractivity contribution in [1.29, 1.82) is 0 Å². The van der Waals surface area contributed by atoms with Crippen LogP contribution in [0, 0.1) is 6.92 Å². The van der Waals surface area contributed by atoms with Crippen molar-refractivity contribution in [3.63, 3.8) is 0 Å². The molecule has 13 heteroatoms. The van der Waals surface area contributed by atoms with Crippen molar-refractivity contribution in [1.82, 2.24) is 19.7 Å². The number of sulfonamides is 1. The Balaban J connectivity index is 2.12. The van der Waals surface area contributed by atoms with Crippen LogP contribution in [0.1, 0.15) is 26.3 Å². The minimum absolute atomic E-state index is 0.108. The Kier molecular flexibility index (Phi) is 8.96. The van der Waals surface area contributed by atoms with E-state index in [2.05, 4.69) is 36.7 Å². The van der Waals surface area contributed by atoms with Crippen molar-refractivity contribution in [2.75, 3.05) is 18.9 Å². The van der Waals surface area contributed by atoms with Crippen molar-refractivity contribution < 1.29 is 23.0 Å². The highest BCUT2D eigenvalue weighted by Crippen LogP contribution is 2.37. The monoisotopic (exact) mass is 541 g/mol. The maximum Gasteiger partial charge on any atom is 0.243 e. The average molecular weight is 542 g/mol. The van der Waals surface area contributed by atoms with Crippen LogP contribution in [0.4, 0.5) is 5.95 Å². The molecule has 0 unspecified atom stereocenters. The largest absolute Gasteiger partial charge is 0.494 e. The first kappa shape index (κ1) is 28.5. The summed E-state index contributed by atoms with van der Waals surface area (Å²) in [5.74, 6) is 0.899. The molecule has 1 aromatic carbocycles. The van der Waals surface area contributed by atoms with Gasteiger partial charge in [-0.25, -0.2) is 8.42 Å². The highest BCUT2D eigenvalue weighted by atomic mass is 32.2. The van der Waals surface area contributed by atoms with Crippen LogP contribution < -0.4 is 14.2 Å². The number of benzene rings is 1. The minimum Gasteiger partial charge on any atom is -0.494 e. The van der Waals surface area contributed by atoms with Gasteiger partial charge in [-0.15, -0.1) is 10.2 Å². The first-order chi connectivity index (χ1) is 18.0. The van der Waals surface area contributed by atoms with E-state index in [1.54, 1.807) is 50.5 Å². The van der Waals surface area contributed by atoms with Gasteiger partial charge in [-0.2, -0.15) is 10.2 Å². The number of nitrogens with one attached hydrogen (secondary N) is 1. The maximum atomic E-state index is 13.4. The molecule has 202 valence electrons. The van der Waals surface area contributed by atoms with E-state index < -0.39 is 21.4 Å². The lowest BCUT2D eigenvalue weighted by atomic mass is 10.2. The van der Waals surface area contributed by atoms with Gasteiger partial charge in [0.2, 0.25) is 16.0 Å². The molecule has 0 aliphatic heterocycles. The number of para-hydroxylation sites is 1. The van der Waals surface area contributed by atoms with Crippen molar-refractivity contribution in [3.05, 3.63) is 66.3 Å². The zero-order valence-electron chi connectivity index (χ0n) is 22.1. The van der Waals surface area contributed by atoms with Gasteiger partial charge in [-0.1, -0.05) is 18.7 Å². The number of ether oxygens (including phenoxy) is 2. The quantitative estimate of drug-likeness (QED) is 0.345. The second kappa shape index (κ2) is 12.0. The summed E-state index contributed by atoms with van der Waals surface area (Å²) in [6.45, 7) is 10.3. The van der Waals surface area contributed by atoms with E-state index in [9.17, 15) is 13.5 Å². The number of methoxy groups -OCH3 is 2. The number of hydrogen-bond acceptors (Lipinski definition) is 10. The predicted octanol–water partition coefficient (Wildman–Crippen LogP) is 4.04. The summed E-state index contributed by atoms with van der Waals surface area (Å²) < 4.78 is 41.8. The minimum atomic E-state index is -4.25. The molecule has 2 atom stereocenters. The van der Waals surface area contributed by atoms with Crippen molar-refractivity contribution in [2.24, 2.45) is 10.2 Å². The first-order valence-electron chi connectivity index (χ1n) is 11.6. The van der Waals surface area contributed by atoms with Crippen LogP contribution in [0.15, 0.2) is 70.9 Å². The molecule has 2 N–H and O–H groups in total. The van der Waals surface area contributed by atoms with Gasteiger partial charge in [0.1, 0.15) is 28.5 Å². The topological polar surface area (TPSA) is 153 Å². The molecular formula is C25H31N7O5S. The average Bonchev–Trinajstić information content (AvgIpc) is 3.32. The molecule has 0 saturated carbocycles. The van der Waals surface area contributed by atoms with E-state index in [4.69, 9.17) is 9.47 Å². The van der Waals surface area contributed by atoms with Gasteiger partial charge in [-0.3, -0.25) is 14.3 Å². The second-order valence-corrected chi connectivity index (χ2v) is 10.4. The lowest BCUT2D eigenvalue weighted by molar-refractivity contribution is 0.206. The van der Waals surface area contributed by atoms with Crippen LogP contribution in [0.2, 0.25) is 0 Å². The van der Waals surface area contributed by atoms with Crippen molar-refractivity contribution >= 4 is 16.0 Å². The Morgan fingerprint density at radius 1 is 1.18 bits per heavy atom. The van der Waals surface area contributed by atoms with E-state index in [0.717, 1.165) is 5.56 Å². The van der Waals surface area contributed by atoms with Crippen LogP contribution in [0.5, 0.6) is 11.5 Å². The molecule has 12 nitrogen and oxygen atoms in total. The van der Waals surface area contributed by atoms with E-state index in [0.29, 0.717) is 28.4 Å². The number of pyridine rings is 1. The van der Waals surface area contributed by atoms with Crippen LogP contribution in [0.3, 0.4) is 0 Å². The summed E-state index contributed by atoms with van der Waals surface area (Å²) in [6.07, 6.45) is 3.44. The smallest absolute Gasteiger partial charge is 0.243 e. The lowest BCUT2D eigenvalue weighted by Crippen LogP contribution is -2.36. The van der Waals surface area contributed by atoms with E-state index in [1.807, 2.05) is 13.0 Å². The van der Waals surface area contributed by atoms with Gasteiger partial charge in [0.15, 0.2) is 5.82 Å². The van der Waals surface area contributed by atoms with Crippen LogP contribution in [-0.2, 0) is 10.0 Å². The van der Waals surface area contributed by atoms with Gasteiger partial charge in [-0.05, 0) is 51.5 Å². The van der Waals surface area contributed by atoms with E-state index >= 15 is 0 Å². The number of azo groups is 1. The third kappa shape index (κ3) is 6.06. The van der Waals surface area contributed by atoms with E-state index in [-0.39, 0.29) is 17.5 Å². The molecule has 0 amide bonds. The summed E-state index contributed by atoms with van der Waals surface area (Å²) in [6, 6.07) is 6.96. The van der Waals surface area contributed by atoms with Crippen LogP contribution in [0.25, 0.3) is 17.1 Å². The molecular weight excluding hydrogens is 510 g/mol. The molecule has 3 rings (SSSR count). The molecule has 0 aliphatic carbocycles. The highest BCUT2D eigenvalue weighted by Gasteiger charge is 2.33. The fourth-order valence-electron chi connectivity index (χ4n) is 3.40. The fraction of sp³-hybridized carbons (Fsp3) is 0.320. The molecule has 0 saturated heterocycles. The number of anilines is 1. The van der Waals surface area contributed by atoms with Gasteiger partial charge in [0.05, 0.1) is 25.6 Å². The number of aliphatic hydroxyl groups excluding tert-OH is 1. The molecule has 0 spiro atoms. The summed E-state index contributed by atoms with van der Waals surface area (Å²) >= 11 is 0. The highest BCUT2D eigenvalue weighted by molar-refractivity contribution is 7.93. The van der Waals surface area contributed by atoms with Gasteiger partial charge in [0, 0.05) is 18.0 Å². The Bertz CT molecular complexity index is 1460. The second-order valence-electron chi connectivity index (χ2n) is 8.36. The summed E-state index contributed by atoms with van der Waals surface area (Å²) in [5, 5.41) is 25.4. The molecule has 3 aromatic rings. The normalized spacial score (nSPS) is 13.8. The van der Waals surface area contributed by atoms with Gasteiger partial charge < -0.3 is 14.6 Å². The first-order valence-corrected chi connectivity index (χ1v) is 13.1. The molecule has 0 bridgehead atoms. The molecule has 2 aromatic heterocycles.